The Morgan fingerprint density at radius 3 is 1.94 bits per heavy atom. The van der Waals surface area contributed by atoms with E-state index in [0.29, 0.717) is 52.4 Å². The van der Waals surface area contributed by atoms with Gasteiger partial charge in [-0.1, -0.05) is 48.6 Å². The number of carbonyl (C=O) groups is 3. The second-order valence-corrected chi connectivity index (χ2v) is 14.8. The van der Waals surface area contributed by atoms with E-state index in [1.54, 1.807) is 66.7 Å². The third-order valence-corrected chi connectivity index (χ3v) is 10.6. The van der Waals surface area contributed by atoms with Crippen LogP contribution in [0, 0.1) is 0 Å². The standard InChI is InChI=1S/C37H37IN4O8S2/c1-37(2)30-22-28(52(46,47)48)18-19-31(30)40(21-7-20-39-33(43)23-38)32(37)9-6-5-8-29-34(44)41(24-10-14-26(49-3)15-11-24)36(51)42(35(29)45)25-12-16-27(50-4)17-13-25/h5-6,8-19,22H,7,20-21,23H2,1-4H3,(H,39,43)(H,46,47,48)/b6-5+,32-9+. The van der Waals surface area contributed by atoms with Crippen LogP contribution in [0.4, 0.5) is 17.1 Å². The zero-order valence-electron chi connectivity index (χ0n) is 28.8. The average molecular weight is 857 g/mol. The molecule has 0 bridgehead atoms. The third kappa shape index (κ3) is 7.91. The molecular formula is C37H37IN4O8S2. The predicted octanol–water partition coefficient (Wildman–Crippen LogP) is 5.72. The van der Waals surface area contributed by atoms with Crippen LogP contribution in [-0.2, 0) is 29.9 Å². The molecule has 3 aromatic rings. The molecular weight excluding hydrogens is 819 g/mol. The van der Waals surface area contributed by atoms with Gasteiger partial charge < -0.3 is 19.7 Å². The van der Waals surface area contributed by atoms with Crippen molar-refractivity contribution < 1.29 is 36.8 Å². The molecule has 2 N–H and O–H groups in total. The number of amides is 3. The molecule has 0 atom stereocenters. The van der Waals surface area contributed by atoms with Gasteiger partial charge >= 0.3 is 0 Å². The van der Waals surface area contributed by atoms with E-state index < -0.39 is 27.3 Å². The number of ether oxygens (including phenoxy) is 2. The average Bonchev–Trinajstić information content (AvgIpc) is 3.34. The zero-order valence-corrected chi connectivity index (χ0v) is 32.6. The van der Waals surface area contributed by atoms with Gasteiger partial charge in [0.25, 0.3) is 21.9 Å². The number of halogens is 1. The molecule has 2 heterocycles. The number of benzene rings is 3. The first-order valence-corrected chi connectivity index (χ1v) is 19.4. The van der Waals surface area contributed by atoms with E-state index in [2.05, 4.69) is 5.32 Å². The lowest BCUT2D eigenvalue weighted by Crippen LogP contribution is -2.57. The highest BCUT2D eigenvalue weighted by Gasteiger charge is 2.42. The minimum Gasteiger partial charge on any atom is -0.497 e. The number of fused-ring (bicyclic) bond motifs is 1. The van der Waals surface area contributed by atoms with Gasteiger partial charge in [0.05, 0.1) is 34.9 Å². The minimum atomic E-state index is -4.45. The molecule has 0 spiro atoms. The van der Waals surface area contributed by atoms with Crippen LogP contribution in [0.5, 0.6) is 11.5 Å². The molecule has 0 aliphatic carbocycles. The van der Waals surface area contributed by atoms with Crippen molar-refractivity contribution in [2.24, 2.45) is 0 Å². The van der Waals surface area contributed by atoms with Gasteiger partial charge in [-0.3, -0.25) is 28.7 Å². The van der Waals surface area contributed by atoms with Crippen LogP contribution in [0.3, 0.4) is 0 Å². The minimum absolute atomic E-state index is 0.0198. The van der Waals surface area contributed by atoms with E-state index in [1.165, 1.54) is 42.2 Å². The Morgan fingerprint density at radius 1 is 0.904 bits per heavy atom. The van der Waals surface area contributed by atoms with Crippen molar-refractivity contribution in [1.82, 2.24) is 5.32 Å². The van der Waals surface area contributed by atoms with E-state index in [9.17, 15) is 27.4 Å². The Kier molecular flexibility index (Phi) is 11.9. The van der Waals surface area contributed by atoms with Gasteiger partial charge in [-0.15, -0.1) is 0 Å². The smallest absolute Gasteiger partial charge is 0.294 e. The molecule has 272 valence electrons. The highest BCUT2D eigenvalue weighted by Crippen LogP contribution is 2.48. The number of methoxy groups -OCH3 is 2. The van der Waals surface area contributed by atoms with Crippen LogP contribution in [0.1, 0.15) is 25.8 Å². The maximum absolute atomic E-state index is 14.0. The normalized spacial score (nSPS) is 16.5. The van der Waals surface area contributed by atoms with Gasteiger partial charge in [0, 0.05) is 29.9 Å². The molecule has 52 heavy (non-hydrogen) atoms. The molecule has 1 saturated heterocycles. The van der Waals surface area contributed by atoms with Crippen LogP contribution < -0.4 is 29.5 Å². The fourth-order valence-electron chi connectivity index (χ4n) is 6.03. The van der Waals surface area contributed by atoms with Crippen LogP contribution in [0.15, 0.2) is 107 Å². The van der Waals surface area contributed by atoms with Gasteiger partial charge in [0.1, 0.15) is 17.1 Å². The van der Waals surface area contributed by atoms with E-state index in [0.717, 1.165) is 11.4 Å². The van der Waals surface area contributed by atoms with Crippen molar-refractivity contribution in [3.63, 3.8) is 0 Å². The second-order valence-electron chi connectivity index (χ2n) is 12.2. The Balaban J connectivity index is 1.52. The summed E-state index contributed by atoms with van der Waals surface area (Å²) in [5.74, 6) is -0.123. The largest absolute Gasteiger partial charge is 0.497 e. The molecule has 3 aromatic carbocycles. The summed E-state index contributed by atoms with van der Waals surface area (Å²) >= 11 is 7.73. The first-order chi connectivity index (χ1) is 24.7. The molecule has 15 heteroatoms. The van der Waals surface area contributed by atoms with Crippen molar-refractivity contribution in [2.45, 2.75) is 30.6 Å². The van der Waals surface area contributed by atoms with Crippen LogP contribution in [0.25, 0.3) is 0 Å². The van der Waals surface area contributed by atoms with Gasteiger partial charge in [-0.05, 0) is 103 Å². The number of carbonyl (C=O) groups excluding carboxylic acids is 3. The summed E-state index contributed by atoms with van der Waals surface area (Å²) in [5, 5.41) is 2.85. The number of hydrogen-bond acceptors (Lipinski definition) is 9. The first kappa shape index (κ1) is 38.6. The van der Waals surface area contributed by atoms with Crippen LogP contribution in [0.2, 0.25) is 0 Å². The summed E-state index contributed by atoms with van der Waals surface area (Å²) in [5.41, 5.74) is 2.28. The summed E-state index contributed by atoms with van der Waals surface area (Å²) in [6, 6.07) is 18.0. The molecule has 2 aliphatic rings. The maximum atomic E-state index is 14.0. The number of hydrogen-bond donors (Lipinski definition) is 2. The maximum Gasteiger partial charge on any atom is 0.294 e. The van der Waals surface area contributed by atoms with E-state index in [1.807, 2.05) is 47.4 Å². The number of anilines is 3. The predicted molar refractivity (Wildman–Crippen MR) is 212 cm³/mol. The quantitative estimate of drug-likeness (QED) is 0.0442. The summed E-state index contributed by atoms with van der Waals surface area (Å²) < 4.78 is 44.7. The fraction of sp³-hybridized carbons (Fsp3) is 0.243. The lowest BCUT2D eigenvalue weighted by atomic mass is 9.83. The molecule has 3 amide bonds. The monoisotopic (exact) mass is 856 g/mol. The Hall–Kier alpha value is -4.58. The first-order valence-electron chi connectivity index (χ1n) is 16.0. The van der Waals surface area contributed by atoms with Crippen molar-refractivity contribution in [3.8, 4) is 11.5 Å². The molecule has 5 rings (SSSR count). The molecule has 1 fully saturated rings. The fourth-order valence-corrected chi connectivity index (χ4v) is 7.19. The van der Waals surface area contributed by atoms with Crippen LogP contribution in [-0.4, -0.2) is 67.5 Å². The number of alkyl halides is 1. The summed E-state index contributed by atoms with van der Waals surface area (Å²) in [4.78, 5) is 44.2. The van der Waals surface area contributed by atoms with Gasteiger partial charge in [0.15, 0.2) is 5.11 Å². The van der Waals surface area contributed by atoms with Gasteiger partial charge in [0.2, 0.25) is 5.91 Å². The number of nitrogens with one attached hydrogen (secondary N) is 1. The van der Waals surface area contributed by atoms with Crippen molar-refractivity contribution >= 4 is 84.8 Å². The zero-order chi connectivity index (χ0) is 37.8. The van der Waals surface area contributed by atoms with Gasteiger partial charge in [-0.25, -0.2) is 0 Å². The van der Waals surface area contributed by atoms with Crippen molar-refractivity contribution in [1.29, 1.82) is 0 Å². The Morgan fingerprint density at radius 2 is 1.44 bits per heavy atom. The lowest BCUT2D eigenvalue weighted by Gasteiger charge is -2.36. The molecule has 0 radical (unpaired) electrons. The second kappa shape index (κ2) is 16.0. The molecule has 0 aromatic heterocycles. The summed E-state index contributed by atoms with van der Waals surface area (Å²) in [7, 11) is -1.38. The van der Waals surface area contributed by atoms with E-state index in [-0.39, 0.29) is 21.5 Å². The summed E-state index contributed by atoms with van der Waals surface area (Å²) in [6.45, 7) is 4.80. The molecule has 0 unspecified atom stereocenters. The number of nitrogens with zero attached hydrogens (tertiary/aromatic N) is 3. The highest BCUT2D eigenvalue weighted by atomic mass is 127. The molecule has 2 aliphatic heterocycles. The number of thiocarbonyl (C=S) groups is 1. The highest BCUT2D eigenvalue weighted by molar-refractivity contribution is 14.1. The topological polar surface area (TPSA) is 146 Å². The number of rotatable bonds is 12. The molecule has 12 nitrogen and oxygen atoms in total. The third-order valence-electron chi connectivity index (χ3n) is 8.70. The summed E-state index contributed by atoms with van der Waals surface area (Å²) in [6.07, 6.45) is 7.15. The number of allylic oxidation sites excluding steroid dienone is 5. The van der Waals surface area contributed by atoms with Crippen LogP contribution >= 0.6 is 34.8 Å². The Bertz CT molecular complexity index is 2020. The van der Waals surface area contributed by atoms with Crippen molar-refractivity contribution in [3.05, 3.63) is 108 Å². The van der Waals surface area contributed by atoms with Crippen molar-refractivity contribution in [2.75, 3.05) is 46.4 Å². The lowest BCUT2D eigenvalue weighted by molar-refractivity contribution is -0.121. The Labute approximate surface area is 321 Å². The van der Waals surface area contributed by atoms with E-state index in [4.69, 9.17) is 21.7 Å². The van der Waals surface area contributed by atoms with E-state index >= 15 is 0 Å². The SMILES string of the molecule is COc1ccc(N2C(=O)C(=C/C=C/C=C3/N(CCCNC(=O)CI)c4ccc(S(=O)(=O)O)cc4C3(C)C)C(=O)N(c3ccc(OC)cc3)C2=S)cc1. The van der Waals surface area contributed by atoms with Gasteiger partial charge in [-0.2, -0.15) is 8.42 Å². The molecule has 0 saturated carbocycles.